The van der Waals surface area contributed by atoms with Crippen LogP contribution in [-0.2, 0) is 27.8 Å². The second-order valence-corrected chi connectivity index (χ2v) is 7.55. The van der Waals surface area contributed by atoms with Crippen LogP contribution in [0.3, 0.4) is 0 Å². The molecule has 6 nitrogen and oxygen atoms in total. The van der Waals surface area contributed by atoms with Crippen molar-refractivity contribution < 1.29 is 27.2 Å². The number of alkyl halides is 3. The summed E-state index contributed by atoms with van der Waals surface area (Å²) in [5.74, 6) is 0.673. The molecule has 0 radical (unpaired) electrons. The number of halogens is 3. The van der Waals surface area contributed by atoms with E-state index in [9.17, 15) is 17.7 Å². The molecule has 0 fully saturated rings. The molecule has 11 heteroatoms. The number of pyridine rings is 1. The molecule has 0 spiro atoms. The summed E-state index contributed by atoms with van der Waals surface area (Å²) in [5.41, 5.74) is 1.00. The molecule has 0 aliphatic heterocycles. The van der Waals surface area contributed by atoms with Crippen LogP contribution in [0.2, 0.25) is 0 Å². The van der Waals surface area contributed by atoms with E-state index in [4.69, 9.17) is 9.47 Å². The van der Waals surface area contributed by atoms with Crippen LogP contribution in [0.4, 0.5) is 13.2 Å². The van der Waals surface area contributed by atoms with E-state index in [0.717, 1.165) is 17.7 Å². The normalized spacial score (nSPS) is 12.6. The molecule has 1 atom stereocenters. The molecule has 30 heavy (non-hydrogen) atoms. The average molecular weight is 451 g/mol. The van der Waals surface area contributed by atoms with Gasteiger partial charge in [-0.05, 0) is 38.1 Å². The van der Waals surface area contributed by atoms with E-state index in [0.29, 0.717) is 36.8 Å². The summed E-state index contributed by atoms with van der Waals surface area (Å²) < 4.78 is 62.2. The van der Waals surface area contributed by atoms with Crippen LogP contribution in [0.15, 0.2) is 35.6 Å². The van der Waals surface area contributed by atoms with Gasteiger partial charge in [0, 0.05) is 29.5 Å². The van der Waals surface area contributed by atoms with Crippen molar-refractivity contribution in [1.29, 1.82) is 0 Å². The van der Waals surface area contributed by atoms with Gasteiger partial charge >= 0.3 is 40.9 Å². The van der Waals surface area contributed by atoms with Gasteiger partial charge in [0.15, 0.2) is 5.75 Å². The fourth-order valence-electron chi connectivity index (χ4n) is 2.67. The van der Waals surface area contributed by atoms with E-state index in [1.54, 1.807) is 12.3 Å². The fraction of sp³-hybridized carbons (Fsp3) is 0.368. The Hall–Kier alpha value is -1.30. The van der Waals surface area contributed by atoms with E-state index >= 15 is 0 Å². The quantitative estimate of drug-likeness (QED) is 0.323. The van der Waals surface area contributed by atoms with Crippen molar-refractivity contribution in [2.75, 3.05) is 19.8 Å². The van der Waals surface area contributed by atoms with Crippen LogP contribution in [-0.4, -0.2) is 68.9 Å². The van der Waals surface area contributed by atoms with Gasteiger partial charge in [-0.3, -0.25) is 9.97 Å². The van der Waals surface area contributed by atoms with Crippen LogP contribution in [0.25, 0.3) is 11.0 Å². The minimum absolute atomic E-state index is 0. The van der Waals surface area contributed by atoms with Crippen LogP contribution >= 0.6 is 0 Å². The summed E-state index contributed by atoms with van der Waals surface area (Å²) in [4.78, 5) is 11.2. The first kappa shape index (κ1) is 25.0. The standard InChI is InChI=1S/C19H20F3N3O3S.Na.H/c1-3-27-8-9-28-17-6-7-23-16(12(17)2)11-29(26)18-24-14-5-4-13(19(20,21)22)10-15(14)25-18;;/h4-7,10H,3,8-9,11H2,1-2H3,(H,24,25);;. The summed E-state index contributed by atoms with van der Waals surface area (Å²) in [6.07, 6.45) is -2.90. The molecule has 0 bridgehead atoms. The molecule has 1 unspecified atom stereocenters. The number of benzene rings is 1. The molecule has 0 aliphatic carbocycles. The number of H-pyrrole nitrogens is 1. The monoisotopic (exact) mass is 451 g/mol. The van der Waals surface area contributed by atoms with Crippen molar-refractivity contribution >= 4 is 51.8 Å². The number of nitrogens with one attached hydrogen (secondary N) is 1. The fourth-order valence-corrected chi connectivity index (χ4v) is 3.77. The SMILES string of the molecule is CCOCCOc1ccnc(C[S+]([O-])c2nc3cc(C(F)(F)F)ccc3[nH]2)c1C.[NaH]. The number of imidazole rings is 1. The Morgan fingerprint density at radius 2 is 1.97 bits per heavy atom. The minimum atomic E-state index is -4.46. The van der Waals surface area contributed by atoms with Crippen molar-refractivity contribution in [2.45, 2.75) is 30.9 Å². The molecule has 1 N–H and O–H groups in total. The van der Waals surface area contributed by atoms with Gasteiger partial charge in [-0.1, -0.05) is 0 Å². The number of hydrogen-bond acceptors (Lipinski definition) is 5. The average Bonchev–Trinajstić information content (AvgIpc) is 3.10. The zero-order valence-corrected chi connectivity index (χ0v) is 16.7. The molecule has 1 aromatic carbocycles. The van der Waals surface area contributed by atoms with Gasteiger partial charge in [-0.25, -0.2) is 0 Å². The molecule has 2 heterocycles. The summed E-state index contributed by atoms with van der Waals surface area (Å²) in [6.45, 7) is 5.15. The zero-order chi connectivity index (χ0) is 21.0. The zero-order valence-electron chi connectivity index (χ0n) is 15.9. The summed E-state index contributed by atoms with van der Waals surface area (Å²) in [5, 5.41) is 0.100. The third kappa shape index (κ3) is 6.12. The Morgan fingerprint density at radius 3 is 2.67 bits per heavy atom. The van der Waals surface area contributed by atoms with E-state index in [1.807, 2.05) is 13.8 Å². The summed E-state index contributed by atoms with van der Waals surface area (Å²) in [7, 11) is 0. The second-order valence-electron chi connectivity index (χ2n) is 6.19. The molecule has 3 aromatic rings. The third-order valence-electron chi connectivity index (χ3n) is 4.22. The maximum absolute atomic E-state index is 12.9. The van der Waals surface area contributed by atoms with Gasteiger partial charge in [-0.15, -0.1) is 0 Å². The predicted octanol–water partition coefficient (Wildman–Crippen LogP) is 3.36. The topological polar surface area (TPSA) is 83.1 Å². The number of aromatic nitrogens is 3. The van der Waals surface area contributed by atoms with Gasteiger partial charge in [-0.2, -0.15) is 18.2 Å². The van der Waals surface area contributed by atoms with Crippen LogP contribution in [0.1, 0.15) is 23.7 Å². The maximum atomic E-state index is 12.9. The van der Waals surface area contributed by atoms with Crippen molar-refractivity contribution in [3.05, 3.63) is 47.3 Å². The van der Waals surface area contributed by atoms with Gasteiger partial charge in [0.2, 0.25) is 0 Å². The van der Waals surface area contributed by atoms with Crippen LogP contribution in [0, 0.1) is 6.92 Å². The summed E-state index contributed by atoms with van der Waals surface area (Å²) >= 11 is -1.61. The van der Waals surface area contributed by atoms with E-state index < -0.39 is 22.9 Å². The van der Waals surface area contributed by atoms with E-state index in [1.165, 1.54) is 6.07 Å². The molecule has 158 valence electrons. The third-order valence-corrected chi connectivity index (χ3v) is 5.38. The van der Waals surface area contributed by atoms with Crippen molar-refractivity contribution in [2.24, 2.45) is 0 Å². The number of nitrogens with zero attached hydrogens (tertiary/aromatic N) is 2. The Bertz CT molecular complexity index is 985. The predicted molar refractivity (Wildman–Crippen MR) is 109 cm³/mol. The van der Waals surface area contributed by atoms with Gasteiger partial charge in [0.1, 0.15) is 12.4 Å². The van der Waals surface area contributed by atoms with Crippen molar-refractivity contribution in [3.8, 4) is 5.75 Å². The second kappa shape index (κ2) is 10.8. The molecular weight excluding hydrogens is 430 g/mol. The van der Waals surface area contributed by atoms with Crippen LogP contribution in [0.5, 0.6) is 5.75 Å². The van der Waals surface area contributed by atoms with Gasteiger partial charge in [0.05, 0.1) is 28.9 Å². The molecule has 0 amide bonds. The van der Waals surface area contributed by atoms with E-state index in [-0.39, 0.29) is 46.0 Å². The molecule has 2 aromatic heterocycles. The molecule has 0 aliphatic rings. The first-order valence-corrected chi connectivity index (χ1v) is 10.2. The Morgan fingerprint density at radius 1 is 1.20 bits per heavy atom. The first-order valence-electron chi connectivity index (χ1n) is 8.90. The van der Waals surface area contributed by atoms with E-state index in [2.05, 4.69) is 15.0 Å². The van der Waals surface area contributed by atoms with Crippen molar-refractivity contribution in [1.82, 2.24) is 15.0 Å². The van der Waals surface area contributed by atoms with Crippen molar-refractivity contribution in [3.63, 3.8) is 0 Å². The molecule has 3 rings (SSSR count). The Balaban J connectivity index is 0.00000320. The number of ether oxygens (including phenoxy) is 2. The first-order chi connectivity index (χ1) is 13.8. The van der Waals surface area contributed by atoms with Gasteiger partial charge in [0.25, 0.3) is 0 Å². The number of rotatable bonds is 8. The Labute approximate surface area is 197 Å². The number of fused-ring (bicyclic) bond motifs is 1. The number of aromatic amines is 1. The summed E-state index contributed by atoms with van der Waals surface area (Å²) in [6, 6.07) is 4.89. The van der Waals surface area contributed by atoms with Crippen LogP contribution < -0.4 is 4.74 Å². The number of hydrogen-bond donors (Lipinski definition) is 1. The molecule has 0 saturated carbocycles. The van der Waals surface area contributed by atoms with Gasteiger partial charge < -0.3 is 14.0 Å². The Kier molecular flexibility index (Phi) is 9.01. The molecule has 0 saturated heterocycles. The molecular formula is C19H21F3N3NaO3S.